The molecule has 2 aromatic carbocycles. The fourth-order valence-corrected chi connectivity index (χ4v) is 4.51. The van der Waals surface area contributed by atoms with Crippen LogP contribution in [0.15, 0.2) is 42.5 Å². The molecule has 2 heterocycles. The highest BCUT2D eigenvalue weighted by molar-refractivity contribution is 6.42. The van der Waals surface area contributed by atoms with Crippen molar-refractivity contribution < 1.29 is 9.59 Å². The zero-order chi connectivity index (χ0) is 23.3. The summed E-state index contributed by atoms with van der Waals surface area (Å²) in [5.41, 5.74) is 6.73. The molecule has 5 rings (SSSR count). The lowest BCUT2D eigenvalue weighted by Crippen LogP contribution is -2.25. The average molecular weight is 480 g/mol. The van der Waals surface area contributed by atoms with Gasteiger partial charge in [0.05, 0.1) is 27.9 Å². The first-order valence-corrected chi connectivity index (χ1v) is 11.6. The van der Waals surface area contributed by atoms with E-state index in [1.807, 2.05) is 50.3 Å². The van der Waals surface area contributed by atoms with Gasteiger partial charge in [-0.1, -0.05) is 29.3 Å². The summed E-state index contributed by atoms with van der Waals surface area (Å²) in [5.74, 6) is 0.0345. The molecule has 0 radical (unpaired) electrons. The lowest BCUT2D eigenvalue weighted by Gasteiger charge is -2.18. The first kappa shape index (κ1) is 21.8. The first-order chi connectivity index (χ1) is 15.8. The second-order valence-electron chi connectivity index (χ2n) is 8.74. The lowest BCUT2D eigenvalue weighted by atomic mass is 10.0. The third-order valence-electron chi connectivity index (χ3n) is 6.07. The topological polar surface area (TPSA) is 65.2 Å². The van der Waals surface area contributed by atoms with Gasteiger partial charge in [-0.3, -0.25) is 9.59 Å². The molecule has 5 nitrogen and oxygen atoms in total. The van der Waals surface area contributed by atoms with E-state index in [-0.39, 0.29) is 17.7 Å². The summed E-state index contributed by atoms with van der Waals surface area (Å²) >= 11 is 12.3. The van der Waals surface area contributed by atoms with E-state index >= 15 is 0 Å². The predicted molar refractivity (Wildman–Crippen MR) is 134 cm³/mol. The Balaban J connectivity index is 1.55. The molecule has 0 bridgehead atoms. The Hall–Kier alpha value is -3.02. The number of aromatic nitrogens is 1. The van der Waals surface area contributed by atoms with Crippen LogP contribution in [0.25, 0.3) is 11.6 Å². The van der Waals surface area contributed by atoms with Gasteiger partial charge in [-0.25, -0.2) is 0 Å². The van der Waals surface area contributed by atoms with E-state index in [0.717, 1.165) is 46.6 Å². The minimum absolute atomic E-state index is 0.0355. The highest BCUT2D eigenvalue weighted by Gasteiger charge is 2.34. The largest absolute Gasteiger partial charge is 0.359 e. The van der Waals surface area contributed by atoms with Gasteiger partial charge in [-0.15, -0.1) is 0 Å². The number of benzene rings is 2. The van der Waals surface area contributed by atoms with Crippen LogP contribution in [0.5, 0.6) is 0 Å². The minimum atomic E-state index is -0.103. The van der Waals surface area contributed by atoms with Gasteiger partial charge in [0, 0.05) is 28.6 Å². The molecular formula is C26H23Cl2N3O2. The number of anilines is 2. The molecule has 3 aromatic rings. The quantitative estimate of drug-likeness (QED) is 0.417. The lowest BCUT2D eigenvalue weighted by molar-refractivity contribution is -0.117. The van der Waals surface area contributed by atoms with Crippen molar-refractivity contribution in [2.24, 2.45) is 5.92 Å². The summed E-state index contributed by atoms with van der Waals surface area (Å²) in [4.78, 5) is 30.9. The molecule has 1 fully saturated rings. The number of nitrogens with one attached hydrogen (secondary N) is 2. The Labute approximate surface area is 202 Å². The molecule has 33 heavy (non-hydrogen) atoms. The normalized spacial score (nSPS) is 16.4. The molecule has 0 unspecified atom stereocenters. The maximum Gasteiger partial charge on any atom is 0.259 e. The van der Waals surface area contributed by atoms with Crippen LogP contribution in [0, 0.1) is 19.8 Å². The molecule has 0 saturated heterocycles. The minimum Gasteiger partial charge on any atom is -0.359 e. The number of carbonyl (C=O) groups is 2. The van der Waals surface area contributed by atoms with Gasteiger partial charge in [0.15, 0.2) is 0 Å². The number of aryl methyl sites for hydroxylation is 2. The van der Waals surface area contributed by atoms with Crippen molar-refractivity contribution >= 4 is 58.0 Å². The molecule has 7 heteroatoms. The number of fused-ring (bicyclic) bond motifs is 1. The fourth-order valence-electron chi connectivity index (χ4n) is 4.19. The van der Waals surface area contributed by atoms with Gasteiger partial charge >= 0.3 is 0 Å². The van der Waals surface area contributed by atoms with Crippen molar-refractivity contribution in [3.8, 4) is 0 Å². The Morgan fingerprint density at radius 1 is 1.12 bits per heavy atom. The zero-order valence-corrected chi connectivity index (χ0v) is 19.8. The predicted octanol–water partition coefficient (Wildman–Crippen LogP) is 6.37. The van der Waals surface area contributed by atoms with Gasteiger partial charge in [0.1, 0.15) is 0 Å². The number of aromatic amines is 1. The molecule has 1 aliphatic heterocycles. The second-order valence-corrected chi connectivity index (χ2v) is 9.56. The van der Waals surface area contributed by atoms with Gasteiger partial charge < -0.3 is 15.2 Å². The molecule has 1 aliphatic carbocycles. The molecule has 2 N–H and O–H groups in total. The summed E-state index contributed by atoms with van der Waals surface area (Å²) in [6.45, 7) is 4.36. The number of nitrogens with zero attached hydrogens (tertiary/aromatic N) is 1. The number of hydrogen-bond donors (Lipinski definition) is 2. The fraction of sp³-hybridized carbons (Fsp3) is 0.231. The molecular weight excluding hydrogens is 457 g/mol. The zero-order valence-electron chi connectivity index (χ0n) is 18.3. The Morgan fingerprint density at radius 3 is 2.58 bits per heavy atom. The Bertz CT molecular complexity index is 1320. The molecule has 2 amide bonds. The monoisotopic (exact) mass is 479 g/mol. The highest BCUT2D eigenvalue weighted by atomic mass is 35.5. The van der Waals surface area contributed by atoms with Crippen LogP contribution in [0.2, 0.25) is 10.0 Å². The molecule has 0 spiro atoms. The number of H-pyrrole nitrogens is 1. The van der Waals surface area contributed by atoms with Crippen molar-refractivity contribution in [2.75, 3.05) is 10.2 Å². The van der Waals surface area contributed by atoms with E-state index in [9.17, 15) is 9.59 Å². The number of halogens is 2. The van der Waals surface area contributed by atoms with Gasteiger partial charge in [0.25, 0.3) is 5.91 Å². The third kappa shape index (κ3) is 4.31. The van der Waals surface area contributed by atoms with E-state index in [4.69, 9.17) is 23.2 Å². The van der Waals surface area contributed by atoms with Crippen molar-refractivity contribution in [1.82, 2.24) is 4.98 Å². The number of rotatable bonds is 5. The van der Waals surface area contributed by atoms with Crippen molar-refractivity contribution in [3.63, 3.8) is 0 Å². The maximum atomic E-state index is 13.6. The van der Waals surface area contributed by atoms with Crippen LogP contribution >= 0.6 is 23.2 Å². The van der Waals surface area contributed by atoms with E-state index in [1.54, 1.807) is 17.0 Å². The number of carbonyl (C=O) groups excluding carboxylic acids is 2. The standard InChI is InChI=1S/C26H23Cl2N3O2/c1-14-9-15(2)29-23(14)12-20-19-11-18(30-25(32)17-4-5-17)6-8-24(19)31(26(20)33)13-16-3-7-21(27)22(28)10-16/h3,6-12,17,29H,4-5,13H2,1-2H3,(H,30,32)/b20-12-. The van der Waals surface area contributed by atoms with E-state index < -0.39 is 0 Å². The SMILES string of the molecule is Cc1cc(C)c(/C=C2\C(=O)N(Cc3ccc(Cl)c(Cl)c3)c3ccc(NC(=O)C4CC4)cc32)[nH]1. The number of hydrogen-bond acceptors (Lipinski definition) is 2. The van der Waals surface area contributed by atoms with Crippen LogP contribution < -0.4 is 10.2 Å². The summed E-state index contributed by atoms with van der Waals surface area (Å²) in [6, 6.07) is 13.1. The summed E-state index contributed by atoms with van der Waals surface area (Å²) < 4.78 is 0. The third-order valence-corrected chi connectivity index (χ3v) is 6.81. The smallest absolute Gasteiger partial charge is 0.259 e. The van der Waals surface area contributed by atoms with E-state index in [2.05, 4.69) is 10.3 Å². The highest BCUT2D eigenvalue weighted by Crippen LogP contribution is 2.41. The van der Waals surface area contributed by atoms with Crippen molar-refractivity contribution in [1.29, 1.82) is 0 Å². The van der Waals surface area contributed by atoms with E-state index in [1.165, 1.54) is 0 Å². The van der Waals surface area contributed by atoms with Crippen LogP contribution in [0.3, 0.4) is 0 Å². The molecule has 1 aromatic heterocycles. The molecule has 168 valence electrons. The van der Waals surface area contributed by atoms with Gasteiger partial charge in [-0.2, -0.15) is 0 Å². The maximum absolute atomic E-state index is 13.6. The first-order valence-electron chi connectivity index (χ1n) is 10.9. The van der Waals surface area contributed by atoms with Crippen molar-refractivity contribution in [2.45, 2.75) is 33.2 Å². The second kappa shape index (κ2) is 8.40. The van der Waals surface area contributed by atoms with Gasteiger partial charge in [0.2, 0.25) is 5.91 Å². The summed E-state index contributed by atoms with van der Waals surface area (Å²) in [7, 11) is 0. The number of amides is 2. The molecule has 0 atom stereocenters. The Kier molecular flexibility index (Phi) is 5.55. The van der Waals surface area contributed by atoms with Crippen LogP contribution in [0.4, 0.5) is 11.4 Å². The molecule has 1 saturated carbocycles. The van der Waals surface area contributed by atoms with Crippen LogP contribution in [-0.2, 0) is 16.1 Å². The van der Waals surface area contributed by atoms with E-state index in [0.29, 0.717) is 27.9 Å². The summed E-state index contributed by atoms with van der Waals surface area (Å²) in [5, 5.41) is 3.92. The van der Waals surface area contributed by atoms with Gasteiger partial charge in [-0.05, 0) is 80.3 Å². The van der Waals surface area contributed by atoms with Crippen LogP contribution in [-0.4, -0.2) is 16.8 Å². The van der Waals surface area contributed by atoms with Crippen LogP contribution in [0.1, 0.15) is 40.9 Å². The average Bonchev–Trinajstić information content (AvgIpc) is 3.53. The Morgan fingerprint density at radius 2 is 1.91 bits per heavy atom. The summed E-state index contributed by atoms with van der Waals surface area (Å²) in [6.07, 6.45) is 3.76. The van der Waals surface area contributed by atoms with Crippen molar-refractivity contribution in [3.05, 3.63) is 80.6 Å². The molecule has 2 aliphatic rings.